The van der Waals surface area contributed by atoms with E-state index in [-0.39, 0.29) is 5.91 Å². The molecule has 1 amide bonds. The maximum absolute atomic E-state index is 12.1. The van der Waals surface area contributed by atoms with Crippen LogP contribution in [-0.2, 0) is 20.0 Å². The van der Waals surface area contributed by atoms with Gasteiger partial charge in [0.25, 0.3) is 5.91 Å². The van der Waals surface area contributed by atoms with Gasteiger partial charge >= 0.3 is 0 Å². The number of carbonyl (C=O) groups is 1. The fourth-order valence-electron chi connectivity index (χ4n) is 2.24. The lowest BCUT2D eigenvalue weighted by Gasteiger charge is -2.11. The van der Waals surface area contributed by atoms with Gasteiger partial charge in [0.1, 0.15) is 16.8 Å². The first-order chi connectivity index (χ1) is 9.69. The number of fused-ring (bicyclic) bond motifs is 1. The van der Waals surface area contributed by atoms with Gasteiger partial charge in [-0.15, -0.1) is 11.3 Å². The third-order valence-electron chi connectivity index (χ3n) is 3.20. The molecule has 102 valence electrons. The normalized spacial score (nSPS) is 13.6. The molecule has 0 aliphatic carbocycles. The molecular weight excluding hydrogens is 274 g/mol. The molecule has 0 unspecified atom stereocenters. The highest BCUT2D eigenvalue weighted by Crippen LogP contribution is 2.34. The summed E-state index contributed by atoms with van der Waals surface area (Å²) in [7, 11) is 1.81. The molecule has 7 heteroatoms. The molecule has 0 spiro atoms. The average Bonchev–Trinajstić information content (AvgIpc) is 3.01. The van der Waals surface area contributed by atoms with Crippen molar-refractivity contribution in [1.82, 2.24) is 14.9 Å². The van der Waals surface area contributed by atoms with E-state index >= 15 is 0 Å². The van der Waals surface area contributed by atoms with E-state index in [1.807, 2.05) is 0 Å². The molecule has 6 nitrogen and oxygen atoms in total. The topological polar surface area (TPSA) is 82.7 Å². The lowest BCUT2D eigenvalue weighted by Crippen LogP contribution is -2.22. The van der Waals surface area contributed by atoms with E-state index in [9.17, 15) is 10.1 Å². The first-order valence-electron chi connectivity index (χ1n) is 6.23. The molecule has 0 fully saturated rings. The van der Waals surface area contributed by atoms with Crippen molar-refractivity contribution in [2.45, 2.75) is 13.0 Å². The minimum atomic E-state index is -0.284. The summed E-state index contributed by atoms with van der Waals surface area (Å²) < 4.78 is 1.71. The molecule has 2 N–H and O–H groups in total. The highest BCUT2D eigenvalue weighted by molar-refractivity contribution is 7.16. The van der Waals surface area contributed by atoms with Crippen molar-refractivity contribution in [3.05, 3.63) is 34.2 Å². The van der Waals surface area contributed by atoms with E-state index in [0.29, 0.717) is 16.3 Å². The number of carbonyl (C=O) groups excluding carboxylic acids is 1. The van der Waals surface area contributed by atoms with Crippen LogP contribution < -0.4 is 10.6 Å². The van der Waals surface area contributed by atoms with Crippen LogP contribution in [0.4, 0.5) is 5.00 Å². The zero-order valence-electron chi connectivity index (χ0n) is 10.9. The van der Waals surface area contributed by atoms with E-state index in [1.165, 1.54) is 11.3 Å². The zero-order chi connectivity index (χ0) is 14.1. The Morgan fingerprint density at radius 3 is 3.20 bits per heavy atom. The lowest BCUT2D eigenvalue weighted by molar-refractivity contribution is 0.102. The van der Waals surface area contributed by atoms with Crippen LogP contribution in [0, 0.1) is 11.3 Å². The Balaban J connectivity index is 1.89. The second kappa shape index (κ2) is 5.07. The van der Waals surface area contributed by atoms with Gasteiger partial charge in [-0.3, -0.25) is 4.79 Å². The number of thiophene rings is 1. The van der Waals surface area contributed by atoms with Crippen molar-refractivity contribution in [2.75, 3.05) is 11.9 Å². The van der Waals surface area contributed by atoms with E-state index in [2.05, 4.69) is 21.7 Å². The Morgan fingerprint density at radius 2 is 2.50 bits per heavy atom. The van der Waals surface area contributed by atoms with Gasteiger partial charge < -0.3 is 15.2 Å². The van der Waals surface area contributed by atoms with E-state index < -0.39 is 0 Å². The quantitative estimate of drug-likeness (QED) is 0.871. The van der Waals surface area contributed by atoms with Crippen LogP contribution >= 0.6 is 11.3 Å². The highest BCUT2D eigenvalue weighted by atomic mass is 32.1. The van der Waals surface area contributed by atoms with E-state index in [0.717, 1.165) is 30.0 Å². The molecule has 0 bridgehead atoms. The number of anilines is 1. The second-order valence-electron chi connectivity index (χ2n) is 4.62. The molecule has 0 saturated heterocycles. The van der Waals surface area contributed by atoms with E-state index in [1.54, 1.807) is 24.1 Å². The number of imidazole rings is 1. The minimum absolute atomic E-state index is 0.284. The molecular formula is C13H13N5OS. The summed E-state index contributed by atoms with van der Waals surface area (Å²) in [6.45, 7) is 1.63. The minimum Gasteiger partial charge on any atom is -0.340 e. The van der Waals surface area contributed by atoms with Crippen molar-refractivity contribution >= 4 is 22.2 Å². The smallest absolute Gasteiger partial charge is 0.276 e. The Bertz CT molecular complexity index is 709. The van der Waals surface area contributed by atoms with Crippen LogP contribution in [0.5, 0.6) is 0 Å². The Morgan fingerprint density at radius 1 is 1.65 bits per heavy atom. The first kappa shape index (κ1) is 12.8. The second-order valence-corrected chi connectivity index (χ2v) is 5.73. The summed E-state index contributed by atoms with van der Waals surface area (Å²) in [5.41, 5.74) is 2.00. The summed E-state index contributed by atoms with van der Waals surface area (Å²) in [5, 5.41) is 16.0. The summed E-state index contributed by atoms with van der Waals surface area (Å²) in [6.07, 6.45) is 4.05. The maximum Gasteiger partial charge on any atom is 0.276 e. The van der Waals surface area contributed by atoms with Crippen LogP contribution in [-0.4, -0.2) is 22.0 Å². The van der Waals surface area contributed by atoms with Crippen LogP contribution in [0.2, 0.25) is 0 Å². The Hall–Kier alpha value is -2.17. The monoisotopic (exact) mass is 287 g/mol. The number of hydrogen-bond donors (Lipinski definition) is 2. The molecule has 0 radical (unpaired) electrons. The predicted octanol–water partition coefficient (Wildman–Crippen LogP) is 1.25. The molecule has 0 atom stereocenters. The Kier molecular flexibility index (Phi) is 3.26. The number of hydrogen-bond acceptors (Lipinski definition) is 5. The maximum atomic E-state index is 12.1. The SMILES string of the molecule is Cn1cnc(C(=O)Nc2sc3c(c2C#N)CCNC3)c1. The van der Waals surface area contributed by atoms with Gasteiger partial charge in [-0.25, -0.2) is 4.98 Å². The van der Waals surface area contributed by atoms with Gasteiger partial charge in [0.05, 0.1) is 11.9 Å². The molecule has 1 aliphatic rings. The lowest BCUT2D eigenvalue weighted by atomic mass is 10.1. The third kappa shape index (κ3) is 2.19. The van der Waals surface area contributed by atoms with Gasteiger partial charge in [-0.05, 0) is 18.5 Å². The third-order valence-corrected chi connectivity index (χ3v) is 4.35. The standard InChI is InChI=1S/C13H13N5OS/c1-18-6-10(16-7-18)12(19)17-13-9(4-14)8-2-3-15-5-11(8)20-13/h6-7,15H,2-3,5H2,1H3,(H,17,19). The zero-order valence-corrected chi connectivity index (χ0v) is 11.8. The highest BCUT2D eigenvalue weighted by Gasteiger charge is 2.22. The van der Waals surface area contributed by atoms with Crippen molar-refractivity contribution in [3.63, 3.8) is 0 Å². The average molecular weight is 287 g/mol. The number of amides is 1. The summed E-state index contributed by atoms with van der Waals surface area (Å²) >= 11 is 1.46. The van der Waals surface area contributed by atoms with Crippen molar-refractivity contribution < 1.29 is 4.79 Å². The van der Waals surface area contributed by atoms with Crippen LogP contribution in [0.3, 0.4) is 0 Å². The van der Waals surface area contributed by atoms with Crippen LogP contribution in [0.1, 0.15) is 26.5 Å². The summed E-state index contributed by atoms with van der Waals surface area (Å²) in [6, 6.07) is 2.21. The van der Waals surface area contributed by atoms with Gasteiger partial charge in [0.2, 0.25) is 0 Å². The number of nitriles is 1. The molecule has 1 aliphatic heterocycles. The molecule has 3 heterocycles. The number of nitrogens with zero attached hydrogens (tertiary/aromatic N) is 3. The van der Waals surface area contributed by atoms with Gasteiger partial charge in [-0.1, -0.05) is 0 Å². The van der Waals surface area contributed by atoms with Crippen molar-refractivity contribution in [3.8, 4) is 6.07 Å². The van der Waals surface area contributed by atoms with Crippen LogP contribution in [0.25, 0.3) is 0 Å². The van der Waals surface area contributed by atoms with E-state index in [4.69, 9.17) is 0 Å². The molecule has 2 aromatic rings. The number of aromatic nitrogens is 2. The fraction of sp³-hybridized carbons (Fsp3) is 0.308. The van der Waals surface area contributed by atoms with Gasteiger partial charge in [0, 0.05) is 24.7 Å². The molecule has 2 aromatic heterocycles. The number of rotatable bonds is 2. The predicted molar refractivity (Wildman–Crippen MR) is 75.6 cm³/mol. The number of aryl methyl sites for hydroxylation is 1. The fourth-order valence-corrected chi connectivity index (χ4v) is 3.40. The van der Waals surface area contributed by atoms with Crippen molar-refractivity contribution in [1.29, 1.82) is 5.26 Å². The summed E-state index contributed by atoms with van der Waals surface area (Å²) in [5.74, 6) is -0.284. The van der Waals surface area contributed by atoms with Crippen molar-refractivity contribution in [2.24, 2.45) is 7.05 Å². The number of nitrogens with one attached hydrogen (secondary N) is 2. The summed E-state index contributed by atoms with van der Waals surface area (Å²) in [4.78, 5) is 17.2. The van der Waals surface area contributed by atoms with Gasteiger partial charge in [-0.2, -0.15) is 5.26 Å². The molecule has 0 aromatic carbocycles. The molecule has 3 rings (SSSR count). The molecule has 20 heavy (non-hydrogen) atoms. The molecule has 0 saturated carbocycles. The van der Waals surface area contributed by atoms with Crippen LogP contribution in [0.15, 0.2) is 12.5 Å². The largest absolute Gasteiger partial charge is 0.340 e. The first-order valence-corrected chi connectivity index (χ1v) is 7.05. The Labute approximate surface area is 120 Å². The van der Waals surface area contributed by atoms with Gasteiger partial charge in [0.15, 0.2) is 0 Å².